The van der Waals surface area contributed by atoms with Crippen molar-refractivity contribution in [3.05, 3.63) is 17.5 Å². The van der Waals surface area contributed by atoms with Crippen LogP contribution in [0.3, 0.4) is 0 Å². The smallest absolute Gasteiger partial charge is 0.148 e. The van der Waals surface area contributed by atoms with Gasteiger partial charge in [0.15, 0.2) is 0 Å². The summed E-state index contributed by atoms with van der Waals surface area (Å²) in [4.78, 5) is 11.8. The first kappa shape index (κ1) is 14.3. The zero-order valence-electron chi connectivity index (χ0n) is 11.2. The number of ketones is 1. The second-order valence-electron chi connectivity index (χ2n) is 4.37. The minimum Gasteiger partial charge on any atom is -0.298 e. The topological polar surface area (TPSA) is 34.9 Å². The van der Waals surface area contributed by atoms with E-state index in [9.17, 15) is 4.79 Å². The lowest BCUT2D eigenvalue weighted by molar-refractivity contribution is -0.116. The van der Waals surface area contributed by atoms with Crippen LogP contribution in [0.4, 0.5) is 0 Å². The Bertz CT molecular complexity index is 371. The molecule has 0 amide bonds. The SMILES string of the molecule is CCc1cc(CC(=O)CSC(C)C)n(CC)n1. The van der Waals surface area contributed by atoms with E-state index >= 15 is 0 Å². The number of aromatic nitrogens is 2. The van der Waals surface area contributed by atoms with Gasteiger partial charge in [-0.15, -0.1) is 0 Å². The Kier molecular flexibility index (Phi) is 5.75. The summed E-state index contributed by atoms with van der Waals surface area (Å²) in [5, 5.41) is 4.97. The van der Waals surface area contributed by atoms with Gasteiger partial charge in [-0.25, -0.2) is 0 Å². The highest BCUT2D eigenvalue weighted by Crippen LogP contribution is 2.12. The van der Waals surface area contributed by atoms with Crippen molar-refractivity contribution in [1.82, 2.24) is 9.78 Å². The largest absolute Gasteiger partial charge is 0.298 e. The van der Waals surface area contributed by atoms with Gasteiger partial charge in [-0.2, -0.15) is 16.9 Å². The van der Waals surface area contributed by atoms with Crippen molar-refractivity contribution >= 4 is 17.5 Å². The van der Waals surface area contributed by atoms with E-state index in [0.717, 1.165) is 24.4 Å². The van der Waals surface area contributed by atoms with Crippen molar-refractivity contribution in [2.75, 3.05) is 5.75 Å². The molecule has 1 rings (SSSR count). The molecule has 0 radical (unpaired) electrons. The van der Waals surface area contributed by atoms with E-state index < -0.39 is 0 Å². The Labute approximate surface area is 108 Å². The molecule has 0 N–H and O–H groups in total. The van der Waals surface area contributed by atoms with E-state index in [1.165, 1.54) is 0 Å². The molecule has 0 saturated carbocycles. The van der Waals surface area contributed by atoms with Crippen molar-refractivity contribution in [3.63, 3.8) is 0 Å². The van der Waals surface area contributed by atoms with Gasteiger partial charge in [-0.3, -0.25) is 9.48 Å². The lowest BCUT2D eigenvalue weighted by Crippen LogP contribution is -2.12. The molecule has 0 unspecified atom stereocenters. The lowest BCUT2D eigenvalue weighted by Gasteiger charge is -2.05. The van der Waals surface area contributed by atoms with E-state index in [1.54, 1.807) is 11.8 Å². The van der Waals surface area contributed by atoms with Crippen LogP contribution in [0.1, 0.15) is 39.1 Å². The number of rotatable bonds is 7. The molecule has 96 valence electrons. The van der Waals surface area contributed by atoms with Crippen LogP contribution in [0.2, 0.25) is 0 Å². The first-order valence-electron chi connectivity index (χ1n) is 6.25. The van der Waals surface area contributed by atoms with E-state index in [1.807, 2.05) is 4.68 Å². The van der Waals surface area contributed by atoms with Gasteiger partial charge in [0.2, 0.25) is 0 Å². The van der Waals surface area contributed by atoms with Crippen LogP contribution in [-0.4, -0.2) is 26.6 Å². The van der Waals surface area contributed by atoms with Crippen LogP contribution in [-0.2, 0) is 24.2 Å². The van der Waals surface area contributed by atoms with Gasteiger partial charge in [0.05, 0.1) is 11.4 Å². The predicted molar refractivity (Wildman–Crippen MR) is 73.6 cm³/mol. The minimum atomic E-state index is 0.293. The number of thioether (sulfide) groups is 1. The predicted octanol–water partition coefficient (Wildman–Crippen LogP) is 2.72. The Morgan fingerprint density at radius 1 is 1.47 bits per heavy atom. The second-order valence-corrected chi connectivity index (χ2v) is 5.94. The van der Waals surface area contributed by atoms with Crippen molar-refractivity contribution < 1.29 is 4.79 Å². The first-order chi connectivity index (χ1) is 8.06. The summed E-state index contributed by atoms with van der Waals surface area (Å²) in [7, 11) is 0. The number of aryl methyl sites for hydroxylation is 2. The van der Waals surface area contributed by atoms with Gasteiger partial charge in [0.1, 0.15) is 5.78 Å². The molecule has 4 heteroatoms. The summed E-state index contributed by atoms with van der Waals surface area (Å²) >= 11 is 1.71. The molecule has 17 heavy (non-hydrogen) atoms. The fraction of sp³-hybridized carbons (Fsp3) is 0.692. The Balaban J connectivity index is 2.60. The normalized spacial score (nSPS) is 11.1. The van der Waals surface area contributed by atoms with Gasteiger partial charge in [-0.05, 0) is 24.7 Å². The number of hydrogen-bond acceptors (Lipinski definition) is 3. The molecule has 0 atom stereocenters. The van der Waals surface area contributed by atoms with Gasteiger partial charge < -0.3 is 0 Å². The van der Waals surface area contributed by atoms with Gasteiger partial charge >= 0.3 is 0 Å². The summed E-state index contributed by atoms with van der Waals surface area (Å²) in [6, 6.07) is 2.06. The second kappa shape index (κ2) is 6.84. The molecule has 0 fully saturated rings. The average molecular weight is 254 g/mol. The number of carbonyl (C=O) groups is 1. The Morgan fingerprint density at radius 3 is 2.71 bits per heavy atom. The molecule has 0 aliphatic rings. The number of carbonyl (C=O) groups excluding carboxylic acids is 1. The van der Waals surface area contributed by atoms with Crippen LogP contribution in [0, 0.1) is 0 Å². The maximum absolute atomic E-state index is 11.8. The molecular formula is C13H22N2OS. The summed E-state index contributed by atoms with van der Waals surface area (Å²) in [6.07, 6.45) is 1.44. The first-order valence-corrected chi connectivity index (χ1v) is 7.30. The van der Waals surface area contributed by atoms with Gasteiger partial charge in [-0.1, -0.05) is 20.8 Å². The Morgan fingerprint density at radius 2 is 2.18 bits per heavy atom. The summed E-state index contributed by atoms with van der Waals surface area (Å²) in [5.74, 6) is 0.898. The molecule has 1 aromatic rings. The highest BCUT2D eigenvalue weighted by atomic mass is 32.2. The zero-order chi connectivity index (χ0) is 12.8. The third-order valence-corrected chi connectivity index (χ3v) is 3.69. The molecule has 0 aliphatic carbocycles. The van der Waals surface area contributed by atoms with E-state index in [-0.39, 0.29) is 0 Å². The molecular weight excluding hydrogens is 232 g/mol. The highest BCUT2D eigenvalue weighted by molar-refractivity contribution is 8.00. The van der Waals surface area contributed by atoms with E-state index in [2.05, 4.69) is 38.9 Å². The standard InChI is InChI=1S/C13H22N2OS/c1-5-11-7-12(15(6-2)14-11)8-13(16)9-17-10(3)4/h7,10H,5-6,8-9H2,1-4H3. The van der Waals surface area contributed by atoms with Crippen LogP contribution in [0.25, 0.3) is 0 Å². The third-order valence-electron chi connectivity index (χ3n) is 2.53. The number of nitrogens with zero attached hydrogens (tertiary/aromatic N) is 2. The molecule has 1 heterocycles. The maximum Gasteiger partial charge on any atom is 0.148 e. The lowest BCUT2D eigenvalue weighted by atomic mass is 10.2. The molecule has 0 saturated heterocycles. The summed E-state index contributed by atoms with van der Waals surface area (Å²) in [5.41, 5.74) is 2.13. The van der Waals surface area contributed by atoms with Gasteiger partial charge in [0.25, 0.3) is 0 Å². The van der Waals surface area contributed by atoms with Crippen LogP contribution < -0.4 is 0 Å². The average Bonchev–Trinajstić information content (AvgIpc) is 2.68. The Hall–Kier alpha value is -0.770. The molecule has 0 aromatic carbocycles. The molecule has 1 aromatic heterocycles. The van der Waals surface area contributed by atoms with Crippen molar-refractivity contribution in [1.29, 1.82) is 0 Å². The molecule has 0 aliphatic heterocycles. The van der Waals surface area contributed by atoms with Crippen LogP contribution in [0.5, 0.6) is 0 Å². The molecule has 3 nitrogen and oxygen atoms in total. The maximum atomic E-state index is 11.8. The fourth-order valence-corrected chi connectivity index (χ4v) is 2.24. The fourth-order valence-electron chi connectivity index (χ4n) is 1.62. The molecule has 0 spiro atoms. The van der Waals surface area contributed by atoms with Crippen molar-refractivity contribution in [2.45, 2.75) is 52.3 Å². The summed E-state index contributed by atoms with van der Waals surface area (Å²) in [6.45, 7) is 9.21. The van der Waals surface area contributed by atoms with Crippen molar-refractivity contribution in [2.24, 2.45) is 0 Å². The van der Waals surface area contributed by atoms with E-state index in [4.69, 9.17) is 0 Å². The minimum absolute atomic E-state index is 0.293. The molecule has 0 bridgehead atoms. The van der Waals surface area contributed by atoms with Crippen molar-refractivity contribution in [3.8, 4) is 0 Å². The third kappa shape index (κ3) is 4.54. The van der Waals surface area contributed by atoms with E-state index in [0.29, 0.717) is 23.2 Å². The summed E-state index contributed by atoms with van der Waals surface area (Å²) < 4.78 is 1.94. The van der Waals surface area contributed by atoms with Crippen LogP contribution in [0.15, 0.2) is 6.07 Å². The van der Waals surface area contributed by atoms with Crippen LogP contribution >= 0.6 is 11.8 Å². The number of Topliss-reactive ketones (excluding diaryl/α,β-unsaturated/α-hetero) is 1. The zero-order valence-corrected chi connectivity index (χ0v) is 12.0. The quantitative estimate of drug-likeness (QED) is 0.750. The van der Waals surface area contributed by atoms with Gasteiger partial charge in [0, 0.05) is 18.7 Å². The highest BCUT2D eigenvalue weighted by Gasteiger charge is 2.11. The number of hydrogen-bond donors (Lipinski definition) is 0. The monoisotopic (exact) mass is 254 g/mol.